The second-order valence-corrected chi connectivity index (χ2v) is 5.61. The molecule has 1 aromatic heterocycles. The van der Waals surface area contributed by atoms with Gasteiger partial charge in [0.1, 0.15) is 11.6 Å². The van der Waals surface area contributed by atoms with Gasteiger partial charge in [0.15, 0.2) is 5.69 Å². The minimum Gasteiger partial charge on any atom is -0.491 e. The predicted molar refractivity (Wildman–Crippen MR) is 89.9 cm³/mol. The minimum absolute atomic E-state index is 0.0742. The van der Waals surface area contributed by atoms with Gasteiger partial charge in [-0.2, -0.15) is 0 Å². The number of halogens is 1. The molecule has 0 aliphatic rings. The van der Waals surface area contributed by atoms with Gasteiger partial charge < -0.3 is 10.1 Å². The Kier molecular flexibility index (Phi) is 4.74. The molecule has 1 heterocycles. The summed E-state index contributed by atoms with van der Waals surface area (Å²) in [5.41, 5.74) is 1.41. The molecule has 0 atom stereocenters. The van der Waals surface area contributed by atoms with Gasteiger partial charge in [-0.3, -0.25) is 4.79 Å². The van der Waals surface area contributed by atoms with E-state index in [4.69, 9.17) is 9.37 Å². The quantitative estimate of drug-likeness (QED) is 0.761. The molecular formula is C18H16FN3O3. The predicted octanol–water partition coefficient (Wildman–Crippen LogP) is 3.92. The largest absolute Gasteiger partial charge is 0.491 e. The molecule has 3 aromatic rings. The van der Waals surface area contributed by atoms with Gasteiger partial charge >= 0.3 is 0 Å². The van der Waals surface area contributed by atoms with Crippen molar-refractivity contribution in [2.45, 2.75) is 20.0 Å². The first-order valence-corrected chi connectivity index (χ1v) is 7.69. The van der Waals surface area contributed by atoms with Crippen LogP contribution < -0.4 is 10.1 Å². The van der Waals surface area contributed by atoms with Crippen molar-refractivity contribution in [2.75, 3.05) is 5.32 Å². The highest BCUT2D eigenvalue weighted by Gasteiger charge is 2.16. The summed E-state index contributed by atoms with van der Waals surface area (Å²) in [7, 11) is 0. The normalized spacial score (nSPS) is 10.7. The first-order chi connectivity index (χ1) is 12.0. The Balaban J connectivity index is 1.78. The van der Waals surface area contributed by atoms with E-state index < -0.39 is 11.7 Å². The van der Waals surface area contributed by atoms with Crippen LogP contribution in [0.1, 0.15) is 24.2 Å². The second kappa shape index (κ2) is 7.12. The summed E-state index contributed by atoms with van der Waals surface area (Å²) in [4.78, 5) is 12.2. The van der Waals surface area contributed by atoms with Gasteiger partial charge in [-0.05, 0) is 72.7 Å². The van der Waals surface area contributed by atoms with Crippen molar-refractivity contribution in [1.29, 1.82) is 0 Å². The lowest BCUT2D eigenvalue weighted by Crippen LogP contribution is -2.12. The summed E-state index contributed by atoms with van der Waals surface area (Å²) in [5.74, 6) is 0.0692. The highest BCUT2D eigenvalue weighted by atomic mass is 19.1. The maximum atomic E-state index is 12.9. The molecule has 0 saturated heterocycles. The van der Waals surface area contributed by atoms with E-state index in [2.05, 4.69) is 15.6 Å². The molecule has 0 saturated carbocycles. The Morgan fingerprint density at radius 2 is 1.76 bits per heavy atom. The Hall–Kier alpha value is -3.22. The summed E-state index contributed by atoms with van der Waals surface area (Å²) in [5, 5.41) is 10.2. The zero-order valence-corrected chi connectivity index (χ0v) is 13.7. The lowest BCUT2D eigenvalue weighted by Gasteiger charge is -2.09. The molecule has 128 valence electrons. The van der Waals surface area contributed by atoms with Gasteiger partial charge in [-0.25, -0.2) is 9.02 Å². The number of ether oxygens (including phenoxy) is 1. The Labute approximate surface area is 143 Å². The maximum absolute atomic E-state index is 12.9. The number of anilines is 1. The van der Waals surface area contributed by atoms with Crippen LogP contribution in [0.5, 0.6) is 5.75 Å². The summed E-state index contributed by atoms with van der Waals surface area (Å²) in [6, 6.07) is 12.4. The summed E-state index contributed by atoms with van der Waals surface area (Å²) < 4.78 is 23.3. The van der Waals surface area contributed by atoms with Crippen LogP contribution in [0.15, 0.2) is 53.2 Å². The van der Waals surface area contributed by atoms with Crippen molar-refractivity contribution in [3.05, 3.63) is 59.9 Å². The van der Waals surface area contributed by atoms with Gasteiger partial charge in [0.05, 0.1) is 6.10 Å². The molecule has 0 bridgehead atoms. The number of carbonyl (C=O) groups excluding carboxylic acids is 1. The van der Waals surface area contributed by atoms with Gasteiger partial charge in [-0.15, -0.1) is 0 Å². The molecule has 0 unspecified atom stereocenters. The zero-order chi connectivity index (χ0) is 17.8. The molecule has 0 aliphatic heterocycles. The molecule has 0 fully saturated rings. The molecule has 2 aromatic carbocycles. The van der Waals surface area contributed by atoms with E-state index in [1.807, 2.05) is 13.8 Å². The van der Waals surface area contributed by atoms with E-state index in [1.165, 1.54) is 24.3 Å². The Morgan fingerprint density at radius 1 is 1.08 bits per heavy atom. The molecule has 6 nitrogen and oxygen atoms in total. The van der Waals surface area contributed by atoms with Crippen molar-refractivity contribution in [3.63, 3.8) is 0 Å². The van der Waals surface area contributed by atoms with E-state index in [1.54, 1.807) is 24.3 Å². The highest BCUT2D eigenvalue weighted by molar-refractivity contribution is 6.05. The number of hydrogen-bond donors (Lipinski definition) is 1. The van der Waals surface area contributed by atoms with Crippen molar-refractivity contribution >= 4 is 11.7 Å². The third-order valence-corrected chi connectivity index (χ3v) is 3.33. The van der Waals surface area contributed by atoms with Crippen LogP contribution in [0, 0.1) is 5.82 Å². The topological polar surface area (TPSA) is 77.2 Å². The number of amides is 1. The average molecular weight is 341 g/mol. The van der Waals surface area contributed by atoms with Crippen molar-refractivity contribution < 1.29 is 18.6 Å². The summed E-state index contributed by atoms with van der Waals surface area (Å²) in [6.07, 6.45) is 0.0742. The average Bonchev–Trinajstić information content (AvgIpc) is 3.03. The van der Waals surface area contributed by atoms with Crippen molar-refractivity contribution in [2.24, 2.45) is 0 Å². The van der Waals surface area contributed by atoms with Gasteiger partial charge in [0, 0.05) is 11.1 Å². The van der Waals surface area contributed by atoms with Crippen molar-refractivity contribution in [1.82, 2.24) is 10.3 Å². The number of nitrogens with zero attached hydrogens (tertiary/aromatic N) is 2. The molecular weight excluding hydrogens is 325 g/mol. The fourth-order valence-corrected chi connectivity index (χ4v) is 2.20. The van der Waals surface area contributed by atoms with Crippen LogP contribution in [0.3, 0.4) is 0 Å². The third kappa shape index (κ3) is 4.00. The van der Waals surface area contributed by atoms with E-state index in [9.17, 15) is 9.18 Å². The Bertz CT molecular complexity index is 858. The fourth-order valence-electron chi connectivity index (χ4n) is 2.20. The highest BCUT2D eigenvalue weighted by Crippen LogP contribution is 2.27. The number of nitrogens with one attached hydrogen (secondary N) is 1. The third-order valence-electron chi connectivity index (χ3n) is 3.33. The minimum atomic E-state index is -0.434. The van der Waals surface area contributed by atoms with E-state index in [-0.39, 0.29) is 11.9 Å². The Morgan fingerprint density at radius 3 is 2.40 bits per heavy atom. The number of hydrogen-bond acceptors (Lipinski definition) is 5. The SMILES string of the molecule is CC(C)Oc1ccc(-c2nonc2NC(=O)c2ccc(F)cc2)cc1. The molecule has 1 N–H and O–H groups in total. The molecule has 7 heteroatoms. The van der Waals surface area contributed by atoms with Crippen LogP contribution >= 0.6 is 0 Å². The molecule has 0 aliphatic carbocycles. The van der Waals surface area contributed by atoms with Crippen molar-refractivity contribution in [3.8, 4) is 17.0 Å². The maximum Gasteiger partial charge on any atom is 0.256 e. The van der Waals surface area contributed by atoms with Gasteiger partial charge in [0.2, 0.25) is 5.82 Å². The van der Waals surface area contributed by atoms with Gasteiger partial charge in [0.25, 0.3) is 5.91 Å². The molecule has 3 rings (SSSR count). The van der Waals surface area contributed by atoms with Crippen LogP contribution in [0.2, 0.25) is 0 Å². The second-order valence-electron chi connectivity index (χ2n) is 5.61. The van der Waals surface area contributed by atoms with Crippen LogP contribution in [-0.2, 0) is 0 Å². The lowest BCUT2D eigenvalue weighted by molar-refractivity contribution is 0.102. The standard InChI is InChI=1S/C18H16FN3O3/c1-11(2)24-15-9-5-12(6-10-15)16-17(22-25-21-16)20-18(23)13-3-7-14(19)8-4-13/h3-11H,1-2H3,(H,20,22,23). The zero-order valence-electron chi connectivity index (χ0n) is 13.7. The van der Waals surface area contributed by atoms with Crippen LogP contribution in [0.25, 0.3) is 11.3 Å². The van der Waals surface area contributed by atoms with Gasteiger partial charge in [-0.1, -0.05) is 0 Å². The van der Waals surface area contributed by atoms with Crippen LogP contribution in [-0.4, -0.2) is 22.3 Å². The van der Waals surface area contributed by atoms with E-state index in [0.717, 1.165) is 5.75 Å². The summed E-state index contributed by atoms with van der Waals surface area (Å²) >= 11 is 0. The number of carbonyl (C=O) groups is 1. The fraction of sp³-hybridized carbons (Fsp3) is 0.167. The number of benzene rings is 2. The first kappa shape index (κ1) is 16.6. The summed E-state index contributed by atoms with van der Waals surface area (Å²) in [6.45, 7) is 3.89. The molecule has 1 amide bonds. The monoisotopic (exact) mass is 341 g/mol. The number of aromatic nitrogens is 2. The number of rotatable bonds is 5. The lowest BCUT2D eigenvalue weighted by atomic mass is 10.1. The first-order valence-electron chi connectivity index (χ1n) is 7.69. The van der Waals surface area contributed by atoms with E-state index in [0.29, 0.717) is 16.8 Å². The molecule has 0 radical (unpaired) electrons. The smallest absolute Gasteiger partial charge is 0.256 e. The molecule has 25 heavy (non-hydrogen) atoms. The van der Waals surface area contributed by atoms with E-state index >= 15 is 0 Å². The molecule has 0 spiro atoms. The van der Waals surface area contributed by atoms with Crippen LogP contribution in [0.4, 0.5) is 10.2 Å².